The third-order valence-electron chi connectivity index (χ3n) is 7.33. The Morgan fingerprint density at radius 3 is 2.50 bits per heavy atom. The quantitative estimate of drug-likeness (QED) is 0.513. The van der Waals surface area contributed by atoms with E-state index in [4.69, 9.17) is 4.42 Å². The number of nitrogens with one attached hydrogen (secondary N) is 1. The van der Waals surface area contributed by atoms with Crippen LogP contribution in [0.1, 0.15) is 52.9 Å². The number of aromatic carboxylic acids is 1. The number of halogens is 2. The van der Waals surface area contributed by atoms with Crippen LogP contribution in [0.15, 0.2) is 45.6 Å². The zero-order valence-electron chi connectivity index (χ0n) is 19.2. The molecule has 1 aromatic heterocycles. The molecule has 0 radical (unpaired) electrons. The average Bonchev–Trinajstić information content (AvgIpc) is 2.75. The van der Waals surface area contributed by atoms with E-state index in [1.165, 1.54) is 6.07 Å². The van der Waals surface area contributed by atoms with E-state index in [1.54, 1.807) is 36.1 Å². The van der Waals surface area contributed by atoms with Gasteiger partial charge in [-0.25, -0.2) is 13.6 Å². The van der Waals surface area contributed by atoms with Gasteiger partial charge < -0.3 is 19.7 Å². The van der Waals surface area contributed by atoms with Gasteiger partial charge in [-0.05, 0) is 51.0 Å². The molecule has 34 heavy (non-hydrogen) atoms. The van der Waals surface area contributed by atoms with Gasteiger partial charge in [0, 0.05) is 30.8 Å². The van der Waals surface area contributed by atoms with Gasteiger partial charge in [0.2, 0.25) is 5.88 Å². The van der Waals surface area contributed by atoms with E-state index in [0.29, 0.717) is 40.1 Å². The number of carboxylic acid groups (broad SMARTS) is 1. The summed E-state index contributed by atoms with van der Waals surface area (Å²) < 4.78 is 34.5. The molecule has 1 aliphatic carbocycles. The molecule has 3 aromatic rings. The third kappa shape index (κ3) is 3.27. The first-order chi connectivity index (χ1) is 16.0. The number of hydrogen-bond donors (Lipinski definition) is 2. The van der Waals surface area contributed by atoms with Crippen molar-refractivity contribution in [3.63, 3.8) is 0 Å². The highest BCUT2D eigenvalue weighted by Crippen LogP contribution is 2.59. The Morgan fingerprint density at radius 1 is 1.18 bits per heavy atom. The summed E-state index contributed by atoms with van der Waals surface area (Å²) in [6, 6.07) is 9.86. The second-order valence-electron chi connectivity index (χ2n) is 9.65. The Morgan fingerprint density at radius 2 is 1.88 bits per heavy atom. The lowest BCUT2D eigenvalue weighted by Crippen LogP contribution is -2.70. The van der Waals surface area contributed by atoms with Crippen molar-refractivity contribution < 1.29 is 23.1 Å². The van der Waals surface area contributed by atoms with Gasteiger partial charge in [-0.1, -0.05) is 18.2 Å². The molecule has 5 rings (SSSR count). The van der Waals surface area contributed by atoms with Gasteiger partial charge in [0.1, 0.15) is 5.58 Å². The molecule has 2 aromatic carbocycles. The van der Waals surface area contributed by atoms with Crippen molar-refractivity contribution in [2.24, 2.45) is 5.41 Å². The fourth-order valence-electron chi connectivity index (χ4n) is 5.17. The molecule has 8 heteroatoms. The maximum Gasteiger partial charge on any atom is 0.337 e. The lowest BCUT2D eigenvalue weighted by atomic mass is 9.60. The van der Waals surface area contributed by atoms with Crippen molar-refractivity contribution in [1.82, 2.24) is 0 Å². The van der Waals surface area contributed by atoms with Crippen LogP contribution in [-0.4, -0.2) is 30.1 Å². The molecule has 1 spiro atoms. The summed E-state index contributed by atoms with van der Waals surface area (Å²) in [4.78, 5) is 26.6. The van der Waals surface area contributed by atoms with Crippen LogP contribution >= 0.6 is 0 Å². The van der Waals surface area contributed by atoms with Crippen molar-refractivity contribution >= 4 is 28.5 Å². The van der Waals surface area contributed by atoms with Crippen LogP contribution in [0.25, 0.3) is 11.0 Å². The monoisotopic (exact) mass is 468 g/mol. The minimum absolute atomic E-state index is 0.0914. The molecule has 2 aliphatic rings. The van der Waals surface area contributed by atoms with Gasteiger partial charge in [0.05, 0.1) is 28.0 Å². The Hall–Kier alpha value is -3.42. The van der Waals surface area contributed by atoms with Gasteiger partial charge in [-0.3, -0.25) is 4.79 Å². The Kier molecular flexibility index (Phi) is 4.97. The number of aryl methyl sites for hydroxylation is 1. The second kappa shape index (κ2) is 7.55. The number of hydrogen-bond acceptors (Lipinski definition) is 5. The van der Waals surface area contributed by atoms with Crippen molar-refractivity contribution in [3.05, 3.63) is 68.9 Å². The topological polar surface area (TPSA) is 82.8 Å². The van der Waals surface area contributed by atoms with Crippen molar-refractivity contribution in [1.29, 1.82) is 0 Å². The van der Waals surface area contributed by atoms with Gasteiger partial charge in [-0.15, -0.1) is 0 Å². The molecule has 1 atom stereocenters. The first kappa shape index (κ1) is 22.4. The summed E-state index contributed by atoms with van der Waals surface area (Å²) in [5.41, 5.74) is 1.71. The molecule has 2 N–H and O–H groups in total. The highest BCUT2D eigenvalue weighted by molar-refractivity contribution is 5.94. The number of carbonyl (C=O) groups is 1. The summed E-state index contributed by atoms with van der Waals surface area (Å²) in [5.74, 6) is -3.39. The first-order valence-electron chi connectivity index (χ1n) is 11.3. The zero-order valence-corrected chi connectivity index (χ0v) is 19.2. The van der Waals surface area contributed by atoms with Crippen LogP contribution < -0.4 is 15.6 Å². The number of carboxylic acids is 1. The molecular formula is C26H26F2N2O4. The van der Waals surface area contributed by atoms with E-state index in [2.05, 4.69) is 5.32 Å². The molecule has 1 saturated carbocycles. The largest absolute Gasteiger partial charge is 0.478 e. The van der Waals surface area contributed by atoms with Crippen molar-refractivity contribution in [2.45, 2.75) is 45.6 Å². The highest BCUT2D eigenvalue weighted by Gasteiger charge is 2.67. The molecule has 0 bridgehead atoms. The molecule has 0 amide bonds. The zero-order chi connectivity index (χ0) is 24.4. The number of rotatable bonds is 5. The summed E-state index contributed by atoms with van der Waals surface area (Å²) in [6.45, 7) is 5.73. The van der Waals surface area contributed by atoms with Crippen molar-refractivity contribution in [2.75, 3.05) is 23.3 Å². The number of nitrogens with zero attached hydrogens (tertiary/aromatic N) is 1. The minimum atomic E-state index is -2.67. The normalized spacial score (nSPS) is 18.9. The number of anilines is 2. The van der Waals surface area contributed by atoms with Crippen LogP contribution in [0.5, 0.6) is 0 Å². The van der Waals surface area contributed by atoms with E-state index in [0.717, 1.165) is 5.56 Å². The molecule has 178 valence electrons. The third-order valence-corrected chi connectivity index (χ3v) is 7.33. The molecular weight excluding hydrogens is 442 g/mol. The van der Waals surface area contributed by atoms with E-state index in [1.807, 2.05) is 19.9 Å². The highest BCUT2D eigenvalue weighted by atomic mass is 19.3. The van der Waals surface area contributed by atoms with Crippen molar-refractivity contribution in [3.8, 4) is 0 Å². The standard InChI is InChI=1S/C26H26F2N2O4/c1-14-10-18(16(3)29-20-7-5-4-6-17(20)24(32)33)22-19(11-14)21(31)15(2)23(34-22)30-12-25(13-30)8-9-26(25,27)28/h4-7,10-11,16,29H,8-9,12-13H2,1-3H3,(H,32,33). The van der Waals surface area contributed by atoms with Gasteiger partial charge in [0.25, 0.3) is 5.92 Å². The fraction of sp³-hybridized carbons (Fsp3) is 0.385. The predicted octanol–water partition coefficient (Wildman–Crippen LogP) is 5.52. The summed E-state index contributed by atoms with van der Waals surface area (Å²) in [6.07, 6.45) is 0.383. The first-order valence-corrected chi connectivity index (χ1v) is 11.3. The van der Waals surface area contributed by atoms with Crippen LogP contribution in [-0.2, 0) is 0 Å². The fourth-order valence-corrected chi connectivity index (χ4v) is 5.17. The Balaban J connectivity index is 1.55. The number of fused-ring (bicyclic) bond motifs is 1. The summed E-state index contributed by atoms with van der Waals surface area (Å²) >= 11 is 0. The van der Waals surface area contributed by atoms with Gasteiger partial charge in [0.15, 0.2) is 5.43 Å². The molecule has 2 heterocycles. The molecule has 1 saturated heterocycles. The predicted molar refractivity (Wildman–Crippen MR) is 126 cm³/mol. The van der Waals surface area contributed by atoms with E-state index >= 15 is 0 Å². The number of para-hydroxylation sites is 1. The van der Waals surface area contributed by atoms with Gasteiger partial charge in [-0.2, -0.15) is 0 Å². The second-order valence-corrected chi connectivity index (χ2v) is 9.65. The Bertz CT molecular complexity index is 1380. The van der Waals surface area contributed by atoms with Crippen LogP contribution in [0.2, 0.25) is 0 Å². The molecule has 1 unspecified atom stereocenters. The van der Waals surface area contributed by atoms with Crippen LogP contribution in [0, 0.1) is 19.3 Å². The van der Waals surface area contributed by atoms with Gasteiger partial charge >= 0.3 is 5.97 Å². The Labute approximate surface area is 195 Å². The molecule has 1 aliphatic heterocycles. The lowest BCUT2D eigenvalue weighted by molar-refractivity contribution is -0.213. The summed E-state index contributed by atoms with van der Waals surface area (Å²) in [7, 11) is 0. The minimum Gasteiger partial charge on any atom is -0.478 e. The maximum absolute atomic E-state index is 14.1. The van der Waals surface area contributed by atoms with Crippen LogP contribution in [0.4, 0.5) is 20.4 Å². The summed E-state index contributed by atoms with van der Waals surface area (Å²) in [5, 5.41) is 13.2. The molecule has 6 nitrogen and oxygen atoms in total. The van der Waals surface area contributed by atoms with E-state index in [-0.39, 0.29) is 36.5 Å². The maximum atomic E-state index is 14.1. The average molecular weight is 469 g/mol. The van der Waals surface area contributed by atoms with E-state index in [9.17, 15) is 23.5 Å². The number of alkyl halides is 2. The lowest BCUT2D eigenvalue weighted by Gasteiger charge is -2.60. The van der Waals surface area contributed by atoms with Crippen LogP contribution in [0.3, 0.4) is 0 Å². The SMILES string of the molecule is Cc1cc(C(C)Nc2ccccc2C(=O)O)c2oc(N3CC4(CCC4(F)F)C3)c(C)c(=O)c2c1. The smallest absolute Gasteiger partial charge is 0.337 e. The number of benzene rings is 2. The van der Waals surface area contributed by atoms with E-state index < -0.39 is 17.3 Å². The molecule has 2 fully saturated rings.